The molecule has 2 aromatic carbocycles. The predicted molar refractivity (Wildman–Crippen MR) is 84.2 cm³/mol. The first kappa shape index (κ1) is 16.3. The third-order valence-corrected chi connectivity index (χ3v) is 4.13. The van der Waals surface area contributed by atoms with Crippen molar-refractivity contribution in [1.29, 1.82) is 0 Å². The topological polar surface area (TPSA) is 58.2 Å². The quantitative estimate of drug-likeness (QED) is 0.665. The van der Waals surface area contributed by atoms with E-state index in [1.54, 1.807) is 18.2 Å². The van der Waals surface area contributed by atoms with E-state index in [9.17, 15) is 14.0 Å². The highest BCUT2D eigenvalue weighted by Crippen LogP contribution is 2.26. The van der Waals surface area contributed by atoms with Gasteiger partial charge in [-0.15, -0.1) is 11.8 Å². The Morgan fingerprint density at radius 2 is 1.73 bits per heavy atom. The Morgan fingerprint density at radius 1 is 1.05 bits per heavy atom. The van der Waals surface area contributed by atoms with Crippen LogP contribution in [0.5, 0.6) is 0 Å². The van der Waals surface area contributed by atoms with Crippen molar-refractivity contribution in [2.24, 2.45) is 0 Å². The second-order valence-corrected chi connectivity index (χ2v) is 5.65. The predicted octanol–water partition coefficient (Wildman–Crippen LogP) is 3.03. The molecule has 0 atom stereocenters. The summed E-state index contributed by atoms with van der Waals surface area (Å²) in [6, 6.07) is 12.2. The molecule has 0 aromatic heterocycles. The molecule has 0 aliphatic heterocycles. The molecule has 2 N–H and O–H groups in total. The zero-order chi connectivity index (χ0) is 15.9. The van der Waals surface area contributed by atoms with Crippen LogP contribution in [0, 0.1) is 5.82 Å². The van der Waals surface area contributed by atoms with Crippen LogP contribution in [0.15, 0.2) is 53.4 Å². The second kappa shape index (κ2) is 7.82. The molecule has 0 saturated heterocycles. The third-order valence-electron chi connectivity index (χ3n) is 2.62. The average Bonchev–Trinajstić information content (AvgIpc) is 2.52. The Bertz CT molecular complexity index is 679. The minimum absolute atomic E-state index is 0.105. The molecule has 0 unspecified atom stereocenters. The number of amides is 2. The van der Waals surface area contributed by atoms with Gasteiger partial charge in [0.1, 0.15) is 5.82 Å². The number of rotatable bonds is 4. The number of nitrogens with one attached hydrogen (secondary N) is 2. The molecule has 0 spiro atoms. The molecule has 114 valence electrons. The van der Waals surface area contributed by atoms with Gasteiger partial charge in [0.15, 0.2) is 0 Å². The zero-order valence-corrected chi connectivity index (χ0v) is 12.9. The minimum atomic E-state index is -0.518. The molecule has 22 heavy (non-hydrogen) atoms. The van der Waals surface area contributed by atoms with E-state index in [4.69, 9.17) is 11.6 Å². The maximum Gasteiger partial charge on any atom is 0.269 e. The fraction of sp³-hybridized carbons (Fsp3) is 0.0667. The molecule has 2 rings (SSSR count). The van der Waals surface area contributed by atoms with Crippen molar-refractivity contribution < 1.29 is 14.0 Å². The normalized spacial score (nSPS) is 10.1. The van der Waals surface area contributed by atoms with Gasteiger partial charge in [-0.25, -0.2) is 4.39 Å². The van der Waals surface area contributed by atoms with Gasteiger partial charge < -0.3 is 0 Å². The number of carbonyl (C=O) groups excluding carboxylic acids is 2. The van der Waals surface area contributed by atoms with Crippen molar-refractivity contribution in [3.63, 3.8) is 0 Å². The fourth-order valence-electron chi connectivity index (χ4n) is 1.54. The summed E-state index contributed by atoms with van der Waals surface area (Å²) in [5.74, 6) is -1.22. The maximum absolute atomic E-state index is 12.7. The van der Waals surface area contributed by atoms with Crippen molar-refractivity contribution >= 4 is 35.2 Å². The lowest BCUT2D eigenvalue weighted by Gasteiger charge is -2.08. The number of hydrazine groups is 1. The lowest BCUT2D eigenvalue weighted by Crippen LogP contribution is -2.42. The summed E-state index contributed by atoms with van der Waals surface area (Å²) in [7, 11) is 0. The standard InChI is InChI=1S/C15H12ClFN2O2S/c16-12-3-1-2-4-13(12)22-9-14(20)18-19-15(21)10-5-7-11(17)8-6-10/h1-8H,9H2,(H,18,20)(H,19,21). The van der Waals surface area contributed by atoms with E-state index in [0.29, 0.717) is 5.02 Å². The molecule has 0 bridgehead atoms. The van der Waals surface area contributed by atoms with Crippen LogP contribution in [0.4, 0.5) is 4.39 Å². The van der Waals surface area contributed by atoms with E-state index in [1.807, 2.05) is 6.07 Å². The number of benzene rings is 2. The van der Waals surface area contributed by atoms with Gasteiger partial charge in [-0.2, -0.15) is 0 Å². The summed E-state index contributed by atoms with van der Waals surface area (Å²) in [5.41, 5.74) is 4.80. The molecule has 0 radical (unpaired) electrons. The van der Waals surface area contributed by atoms with Crippen LogP contribution < -0.4 is 10.9 Å². The van der Waals surface area contributed by atoms with Gasteiger partial charge in [0.2, 0.25) is 5.91 Å². The van der Waals surface area contributed by atoms with E-state index < -0.39 is 11.7 Å². The van der Waals surface area contributed by atoms with Gasteiger partial charge in [-0.05, 0) is 36.4 Å². The van der Waals surface area contributed by atoms with Crippen LogP contribution in [-0.2, 0) is 4.79 Å². The molecule has 0 heterocycles. The fourth-order valence-corrected chi connectivity index (χ4v) is 2.58. The summed E-state index contributed by atoms with van der Waals surface area (Å²) >= 11 is 7.23. The van der Waals surface area contributed by atoms with Crippen LogP contribution in [0.25, 0.3) is 0 Å². The van der Waals surface area contributed by atoms with Crippen LogP contribution >= 0.6 is 23.4 Å². The van der Waals surface area contributed by atoms with Crippen LogP contribution in [0.3, 0.4) is 0 Å². The smallest absolute Gasteiger partial charge is 0.269 e. The van der Waals surface area contributed by atoms with Crippen molar-refractivity contribution in [3.8, 4) is 0 Å². The van der Waals surface area contributed by atoms with Gasteiger partial charge >= 0.3 is 0 Å². The SMILES string of the molecule is O=C(CSc1ccccc1Cl)NNC(=O)c1ccc(F)cc1. The van der Waals surface area contributed by atoms with E-state index in [-0.39, 0.29) is 17.2 Å². The Balaban J connectivity index is 1.79. The lowest BCUT2D eigenvalue weighted by molar-refractivity contribution is -0.119. The summed E-state index contributed by atoms with van der Waals surface area (Å²) in [4.78, 5) is 24.2. The van der Waals surface area contributed by atoms with Crippen molar-refractivity contribution in [3.05, 3.63) is 64.9 Å². The average molecular weight is 339 g/mol. The van der Waals surface area contributed by atoms with E-state index in [1.165, 1.54) is 36.0 Å². The first-order chi connectivity index (χ1) is 10.6. The van der Waals surface area contributed by atoms with Gasteiger partial charge in [-0.1, -0.05) is 23.7 Å². The summed E-state index contributed by atoms with van der Waals surface area (Å²) in [6.07, 6.45) is 0. The number of halogens is 2. The summed E-state index contributed by atoms with van der Waals surface area (Å²) < 4.78 is 12.7. The maximum atomic E-state index is 12.7. The highest BCUT2D eigenvalue weighted by Gasteiger charge is 2.08. The van der Waals surface area contributed by atoms with Crippen molar-refractivity contribution in [2.75, 3.05) is 5.75 Å². The van der Waals surface area contributed by atoms with Crippen molar-refractivity contribution in [1.82, 2.24) is 10.9 Å². The minimum Gasteiger partial charge on any atom is -0.272 e. The van der Waals surface area contributed by atoms with E-state index in [0.717, 1.165) is 4.90 Å². The Labute approximate surface area is 136 Å². The van der Waals surface area contributed by atoms with Gasteiger partial charge in [-0.3, -0.25) is 20.4 Å². The van der Waals surface area contributed by atoms with Gasteiger partial charge in [0.25, 0.3) is 5.91 Å². The van der Waals surface area contributed by atoms with Gasteiger partial charge in [0.05, 0.1) is 10.8 Å². The summed E-state index contributed by atoms with van der Waals surface area (Å²) in [6.45, 7) is 0. The molecule has 7 heteroatoms. The van der Waals surface area contributed by atoms with E-state index >= 15 is 0 Å². The lowest BCUT2D eigenvalue weighted by atomic mass is 10.2. The Hall–Kier alpha value is -2.05. The molecule has 2 aromatic rings. The molecule has 0 aliphatic rings. The second-order valence-electron chi connectivity index (χ2n) is 4.23. The first-order valence-corrected chi connectivity index (χ1v) is 7.64. The van der Waals surface area contributed by atoms with Crippen LogP contribution in [-0.4, -0.2) is 17.6 Å². The largest absolute Gasteiger partial charge is 0.272 e. The number of hydrogen-bond acceptors (Lipinski definition) is 3. The Morgan fingerprint density at radius 3 is 2.41 bits per heavy atom. The monoisotopic (exact) mass is 338 g/mol. The molecule has 0 fully saturated rings. The Kier molecular flexibility index (Phi) is 5.80. The molecule has 0 aliphatic carbocycles. The number of hydrogen-bond donors (Lipinski definition) is 2. The number of thioether (sulfide) groups is 1. The van der Waals surface area contributed by atoms with Crippen molar-refractivity contribution in [2.45, 2.75) is 4.90 Å². The highest BCUT2D eigenvalue weighted by molar-refractivity contribution is 8.00. The molecule has 4 nitrogen and oxygen atoms in total. The number of carbonyl (C=O) groups is 2. The first-order valence-electron chi connectivity index (χ1n) is 6.28. The highest BCUT2D eigenvalue weighted by atomic mass is 35.5. The third kappa shape index (κ3) is 4.75. The molecule has 0 saturated carbocycles. The molecular formula is C15H12ClFN2O2S. The van der Waals surface area contributed by atoms with E-state index in [2.05, 4.69) is 10.9 Å². The van der Waals surface area contributed by atoms with Crippen LogP contribution in [0.2, 0.25) is 5.02 Å². The van der Waals surface area contributed by atoms with Gasteiger partial charge in [0, 0.05) is 10.5 Å². The zero-order valence-electron chi connectivity index (χ0n) is 11.3. The summed E-state index contributed by atoms with van der Waals surface area (Å²) in [5, 5.41) is 0.565. The molecule has 2 amide bonds. The molecular weight excluding hydrogens is 327 g/mol. The van der Waals surface area contributed by atoms with Crippen LogP contribution in [0.1, 0.15) is 10.4 Å².